The fraction of sp³-hybridized carbons (Fsp3) is 0.350. The van der Waals surface area contributed by atoms with E-state index in [9.17, 15) is 4.79 Å². The maximum atomic E-state index is 12.1. The van der Waals surface area contributed by atoms with Crippen molar-refractivity contribution in [3.8, 4) is 11.5 Å². The van der Waals surface area contributed by atoms with Crippen LogP contribution in [0.4, 0.5) is 5.69 Å². The number of halogens is 1. The number of nitrogens with one attached hydrogen (secondary N) is 2. The predicted molar refractivity (Wildman–Crippen MR) is 110 cm³/mol. The zero-order valence-electron chi connectivity index (χ0n) is 15.8. The Hall–Kier alpha value is -2.09. The van der Waals surface area contributed by atoms with E-state index in [1.54, 1.807) is 14.2 Å². The molecule has 1 amide bonds. The number of rotatable bonds is 10. The largest absolute Gasteiger partial charge is 0.493 e. The zero-order chi connectivity index (χ0) is 19.6. The van der Waals surface area contributed by atoms with Gasteiger partial charge in [-0.05, 0) is 36.8 Å². The Kier molecular flexibility index (Phi) is 8.57. The van der Waals surface area contributed by atoms with Crippen molar-refractivity contribution in [1.82, 2.24) is 5.32 Å². The highest BCUT2D eigenvalue weighted by Crippen LogP contribution is 2.33. The Morgan fingerprint density at radius 3 is 2.52 bits per heavy atom. The van der Waals surface area contributed by atoms with Gasteiger partial charge in [-0.25, -0.2) is 0 Å². The Morgan fingerprint density at radius 1 is 1.11 bits per heavy atom. The summed E-state index contributed by atoms with van der Waals surface area (Å²) >= 11 is 3.54. The second-order valence-corrected chi connectivity index (χ2v) is 6.82. The molecule has 0 heterocycles. The Bertz CT molecular complexity index is 750. The van der Waals surface area contributed by atoms with Crippen LogP contribution < -0.4 is 20.1 Å². The van der Waals surface area contributed by atoms with Crippen molar-refractivity contribution < 1.29 is 19.0 Å². The van der Waals surface area contributed by atoms with E-state index in [0.29, 0.717) is 24.7 Å². The van der Waals surface area contributed by atoms with Crippen LogP contribution in [-0.4, -0.2) is 39.9 Å². The molecule has 0 saturated carbocycles. The van der Waals surface area contributed by atoms with Gasteiger partial charge in [-0.1, -0.05) is 33.6 Å². The van der Waals surface area contributed by atoms with Gasteiger partial charge in [0, 0.05) is 30.4 Å². The average Bonchev–Trinajstić information content (AvgIpc) is 2.66. The maximum Gasteiger partial charge on any atom is 0.262 e. The molecule has 2 aromatic carbocycles. The molecular weight excluding hydrogens is 412 g/mol. The highest BCUT2D eigenvalue weighted by atomic mass is 79.9. The van der Waals surface area contributed by atoms with Crippen molar-refractivity contribution in [2.24, 2.45) is 0 Å². The van der Waals surface area contributed by atoms with E-state index in [4.69, 9.17) is 14.2 Å². The van der Waals surface area contributed by atoms with E-state index in [1.165, 1.54) is 0 Å². The number of carbonyl (C=O) groups is 1. The Morgan fingerprint density at radius 2 is 1.85 bits per heavy atom. The predicted octanol–water partition coefficient (Wildman–Crippen LogP) is 3.52. The molecule has 0 saturated heterocycles. The normalized spacial score (nSPS) is 10.5. The summed E-state index contributed by atoms with van der Waals surface area (Å²) in [6, 6.07) is 11.3. The van der Waals surface area contributed by atoms with Crippen molar-refractivity contribution in [3.05, 3.63) is 52.0 Å². The SMILES string of the molecule is COCCNCc1cc(OC)c(OCC(=O)Nc2ccc(C)cc2)cc1Br. The first-order valence-electron chi connectivity index (χ1n) is 8.59. The first-order chi connectivity index (χ1) is 13.0. The molecule has 6 nitrogen and oxygen atoms in total. The molecule has 0 aliphatic rings. The lowest BCUT2D eigenvalue weighted by Crippen LogP contribution is -2.20. The summed E-state index contributed by atoms with van der Waals surface area (Å²) in [5.74, 6) is 0.844. The first kappa shape index (κ1) is 21.2. The van der Waals surface area contributed by atoms with Crippen LogP contribution in [0.3, 0.4) is 0 Å². The molecule has 0 unspecified atom stereocenters. The number of methoxy groups -OCH3 is 2. The minimum absolute atomic E-state index is 0.109. The second kappa shape index (κ2) is 10.9. The summed E-state index contributed by atoms with van der Waals surface area (Å²) in [6.45, 7) is 3.95. The van der Waals surface area contributed by atoms with Gasteiger partial charge in [0.1, 0.15) is 0 Å². The van der Waals surface area contributed by atoms with Gasteiger partial charge in [-0.3, -0.25) is 4.79 Å². The molecule has 0 spiro atoms. The lowest BCUT2D eigenvalue weighted by Gasteiger charge is -2.14. The molecule has 0 aromatic heterocycles. The van der Waals surface area contributed by atoms with Crippen LogP contribution >= 0.6 is 15.9 Å². The van der Waals surface area contributed by atoms with Gasteiger partial charge in [-0.15, -0.1) is 0 Å². The summed E-state index contributed by atoms with van der Waals surface area (Å²) in [4.78, 5) is 12.1. The summed E-state index contributed by atoms with van der Waals surface area (Å²) < 4.78 is 17.0. The molecule has 0 atom stereocenters. The van der Waals surface area contributed by atoms with Crippen LogP contribution in [0.2, 0.25) is 0 Å². The zero-order valence-corrected chi connectivity index (χ0v) is 17.4. The monoisotopic (exact) mass is 436 g/mol. The van der Waals surface area contributed by atoms with Gasteiger partial charge in [0.05, 0.1) is 13.7 Å². The van der Waals surface area contributed by atoms with E-state index in [2.05, 4.69) is 26.6 Å². The van der Waals surface area contributed by atoms with Crippen molar-refractivity contribution in [1.29, 1.82) is 0 Å². The highest BCUT2D eigenvalue weighted by molar-refractivity contribution is 9.10. The minimum atomic E-state index is -0.234. The van der Waals surface area contributed by atoms with Gasteiger partial charge in [-0.2, -0.15) is 0 Å². The molecule has 0 bridgehead atoms. The number of anilines is 1. The van der Waals surface area contributed by atoms with E-state index in [0.717, 1.165) is 27.8 Å². The van der Waals surface area contributed by atoms with E-state index < -0.39 is 0 Å². The van der Waals surface area contributed by atoms with Gasteiger partial charge in [0.15, 0.2) is 18.1 Å². The molecule has 0 radical (unpaired) electrons. The second-order valence-electron chi connectivity index (χ2n) is 5.97. The highest BCUT2D eigenvalue weighted by Gasteiger charge is 2.12. The maximum absolute atomic E-state index is 12.1. The van der Waals surface area contributed by atoms with Crippen LogP contribution in [0.1, 0.15) is 11.1 Å². The van der Waals surface area contributed by atoms with Crippen LogP contribution in [0, 0.1) is 6.92 Å². The average molecular weight is 437 g/mol. The summed E-state index contributed by atoms with van der Waals surface area (Å²) in [6.07, 6.45) is 0. The molecule has 2 rings (SSSR count). The number of benzene rings is 2. The summed E-state index contributed by atoms with van der Waals surface area (Å²) in [5, 5.41) is 6.08. The number of ether oxygens (including phenoxy) is 3. The summed E-state index contributed by atoms with van der Waals surface area (Å²) in [7, 11) is 3.24. The van der Waals surface area contributed by atoms with Crippen molar-refractivity contribution in [2.45, 2.75) is 13.5 Å². The van der Waals surface area contributed by atoms with Crippen molar-refractivity contribution in [2.75, 3.05) is 39.3 Å². The topological polar surface area (TPSA) is 68.8 Å². The quantitative estimate of drug-likeness (QED) is 0.557. The van der Waals surface area contributed by atoms with E-state index >= 15 is 0 Å². The van der Waals surface area contributed by atoms with Crippen LogP contribution in [-0.2, 0) is 16.1 Å². The smallest absolute Gasteiger partial charge is 0.262 e. The van der Waals surface area contributed by atoms with Crippen LogP contribution in [0.25, 0.3) is 0 Å². The molecule has 0 aliphatic carbocycles. The van der Waals surface area contributed by atoms with E-state index in [-0.39, 0.29) is 12.5 Å². The van der Waals surface area contributed by atoms with Gasteiger partial charge >= 0.3 is 0 Å². The van der Waals surface area contributed by atoms with Gasteiger partial charge < -0.3 is 24.8 Å². The van der Waals surface area contributed by atoms with Gasteiger partial charge in [0.2, 0.25) is 0 Å². The molecule has 27 heavy (non-hydrogen) atoms. The lowest BCUT2D eigenvalue weighted by molar-refractivity contribution is -0.118. The molecule has 2 N–H and O–H groups in total. The number of aryl methyl sites for hydroxylation is 1. The Balaban J connectivity index is 1.95. The lowest BCUT2D eigenvalue weighted by atomic mass is 10.2. The van der Waals surface area contributed by atoms with E-state index in [1.807, 2.05) is 43.3 Å². The molecule has 0 fully saturated rings. The fourth-order valence-corrected chi connectivity index (χ4v) is 2.82. The van der Waals surface area contributed by atoms with Crippen LogP contribution in [0.15, 0.2) is 40.9 Å². The third kappa shape index (κ3) is 6.86. The Labute approximate surface area is 168 Å². The minimum Gasteiger partial charge on any atom is -0.493 e. The third-order valence-electron chi connectivity index (χ3n) is 3.83. The van der Waals surface area contributed by atoms with Crippen molar-refractivity contribution in [3.63, 3.8) is 0 Å². The van der Waals surface area contributed by atoms with Gasteiger partial charge in [0.25, 0.3) is 5.91 Å². The van der Waals surface area contributed by atoms with Crippen molar-refractivity contribution >= 4 is 27.5 Å². The standard InChI is InChI=1S/C20H25BrN2O4/c1-14-4-6-16(7-5-14)23-20(24)13-27-19-11-17(21)15(10-18(19)26-3)12-22-8-9-25-2/h4-7,10-11,22H,8-9,12-13H2,1-3H3,(H,23,24). The number of hydrogen-bond donors (Lipinski definition) is 2. The summed E-state index contributed by atoms with van der Waals surface area (Å²) in [5.41, 5.74) is 2.90. The number of hydrogen-bond acceptors (Lipinski definition) is 5. The molecule has 7 heteroatoms. The third-order valence-corrected chi connectivity index (χ3v) is 4.56. The number of carbonyl (C=O) groups excluding carboxylic acids is 1. The molecular formula is C20H25BrN2O4. The molecule has 146 valence electrons. The molecule has 0 aliphatic heterocycles. The number of amides is 1. The molecule has 2 aromatic rings. The first-order valence-corrected chi connectivity index (χ1v) is 9.38. The van der Waals surface area contributed by atoms with Crippen LogP contribution in [0.5, 0.6) is 11.5 Å². The fourth-order valence-electron chi connectivity index (χ4n) is 2.36.